The van der Waals surface area contributed by atoms with Crippen LogP contribution >= 0.6 is 45.3 Å². The zero-order valence-electron chi connectivity index (χ0n) is 27.5. The highest BCUT2D eigenvalue weighted by Crippen LogP contribution is 2.45. The largest absolute Gasteiger partial charge is 0.492 e. The molecule has 0 amide bonds. The number of thiophene rings is 2. The van der Waals surface area contributed by atoms with Crippen molar-refractivity contribution in [1.82, 2.24) is 9.97 Å². The van der Waals surface area contributed by atoms with Gasteiger partial charge in [-0.2, -0.15) is 0 Å². The molecule has 4 aromatic heterocycles. The van der Waals surface area contributed by atoms with Crippen LogP contribution in [0.5, 0.6) is 11.5 Å². The molecule has 0 saturated carbocycles. The van der Waals surface area contributed by atoms with Crippen molar-refractivity contribution in [3.05, 3.63) is 22.9 Å². The van der Waals surface area contributed by atoms with Crippen molar-refractivity contribution in [2.75, 3.05) is 13.2 Å². The first kappa shape index (κ1) is 35.4. The van der Waals surface area contributed by atoms with E-state index in [4.69, 9.17) is 19.4 Å². The van der Waals surface area contributed by atoms with Gasteiger partial charge in [0.05, 0.1) is 13.2 Å². The summed E-state index contributed by atoms with van der Waals surface area (Å²) in [6.45, 7) is 10.7. The van der Waals surface area contributed by atoms with Crippen LogP contribution in [0.1, 0.15) is 130 Å². The molecule has 0 aliphatic rings. The van der Waals surface area contributed by atoms with E-state index in [0.29, 0.717) is 11.8 Å². The summed E-state index contributed by atoms with van der Waals surface area (Å²) < 4.78 is 12.9. The minimum absolute atomic E-state index is 0.633. The lowest BCUT2D eigenvalue weighted by Crippen LogP contribution is -2.12. The minimum atomic E-state index is 0.633. The Morgan fingerprint density at radius 1 is 0.545 bits per heavy atom. The van der Waals surface area contributed by atoms with Gasteiger partial charge in [0.25, 0.3) is 0 Å². The van der Waals surface area contributed by atoms with E-state index in [9.17, 15) is 0 Å². The SMILES string of the molecule is CCCCCCC(CCCC)COc1ccsc1-c1nc2sc(-c3sccc3OCC(CCCC)CCCCCC)nc2s1. The first-order valence-corrected chi connectivity index (χ1v) is 20.7. The molecule has 2 atom stereocenters. The highest BCUT2D eigenvalue weighted by Gasteiger charge is 2.21. The van der Waals surface area contributed by atoms with Crippen LogP contribution in [0.25, 0.3) is 29.4 Å². The predicted molar refractivity (Wildman–Crippen MR) is 196 cm³/mol. The van der Waals surface area contributed by atoms with Crippen molar-refractivity contribution in [2.24, 2.45) is 11.8 Å². The molecule has 0 aromatic carbocycles. The zero-order chi connectivity index (χ0) is 31.0. The van der Waals surface area contributed by atoms with Crippen molar-refractivity contribution in [3.63, 3.8) is 0 Å². The summed E-state index contributed by atoms with van der Waals surface area (Å²) in [6.07, 6.45) is 20.7. The van der Waals surface area contributed by atoms with E-state index in [1.54, 1.807) is 45.3 Å². The summed E-state index contributed by atoms with van der Waals surface area (Å²) in [6, 6.07) is 4.24. The van der Waals surface area contributed by atoms with Gasteiger partial charge < -0.3 is 9.47 Å². The van der Waals surface area contributed by atoms with Crippen molar-refractivity contribution in [2.45, 2.75) is 130 Å². The molecular weight excluding hydrogens is 621 g/mol. The van der Waals surface area contributed by atoms with Crippen LogP contribution < -0.4 is 9.47 Å². The molecule has 4 nitrogen and oxygen atoms in total. The minimum Gasteiger partial charge on any atom is -0.492 e. The average molecular weight is 675 g/mol. The van der Waals surface area contributed by atoms with Crippen molar-refractivity contribution >= 4 is 55.0 Å². The Kier molecular flexibility index (Phi) is 16.0. The summed E-state index contributed by atoms with van der Waals surface area (Å²) in [4.78, 5) is 14.4. The van der Waals surface area contributed by atoms with Gasteiger partial charge in [0, 0.05) is 0 Å². The van der Waals surface area contributed by atoms with E-state index in [1.807, 2.05) is 0 Å². The average Bonchev–Trinajstić information content (AvgIpc) is 3.83. The Bertz CT molecular complexity index is 1200. The number of hydrogen-bond acceptors (Lipinski definition) is 8. The molecule has 0 aliphatic carbocycles. The van der Waals surface area contributed by atoms with Crippen LogP contribution in [0.3, 0.4) is 0 Å². The van der Waals surface area contributed by atoms with Gasteiger partial charge in [-0.15, -0.1) is 22.7 Å². The van der Waals surface area contributed by atoms with Crippen LogP contribution in [0.2, 0.25) is 0 Å². The standard InChI is InChI=1S/C36H54N2O2S4/c1-5-9-13-15-19-27(17-11-7-3)25-39-29-21-23-41-31(29)33-37-35-36(43-33)38-34(44-35)32-30(22-24-42-32)40-26-28(18-12-8-4)20-16-14-10-6-2/h21-24,27-28H,5-20,25-26H2,1-4H3. The molecular formula is C36H54N2O2S4. The van der Waals surface area contributed by atoms with Crippen LogP contribution in [0.4, 0.5) is 0 Å². The maximum absolute atomic E-state index is 6.47. The second-order valence-corrected chi connectivity index (χ2v) is 16.0. The first-order valence-electron chi connectivity index (χ1n) is 17.3. The summed E-state index contributed by atoms with van der Waals surface area (Å²) in [7, 11) is 0. The lowest BCUT2D eigenvalue weighted by molar-refractivity contribution is 0.226. The number of aromatic nitrogens is 2. The Balaban J connectivity index is 1.38. The highest BCUT2D eigenvalue weighted by molar-refractivity contribution is 7.31. The molecule has 0 N–H and O–H groups in total. The van der Waals surface area contributed by atoms with Crippen LogP contribution in [0.15, 0.2) is 22.9 Å². The fraction of sp³-hybridized carbons (Fsp3) is 0.667. The first-order chi connectivity index (χ1) is 21.7. The molecule has 244 valence electrons. The Hall–Kier alpha value is -1.48. The number of rotatable bonds is 24. The van der Waals surface area contributed by atoms with Crippen molar-refractivity contribution in [3.8, 4) is 31.3 Å². The Morgan fingerprint density at radius 2 is 0.955 bits per heavy atom. The summed E-state index contributed by atoms with van der Waals surface area (Å²) in [5.74, 6) is 3.23. The summed E-state index contributed by atoms with van der Waals surface area (Å²) in [5.41, 5.74) is 0. The number of thiazole rings is 2. The topological polar surface area (TPSA) is 44.2 Å². The Labute approximate surface area is 282 Å². The predicted octanol–water partition coefficient (Wildman–Crippen LogP) is 13.5. The normalized spacial score (nSPS) is 13.1. The number of nitrogens with zero attached hydrogens (tertiary/aromatic N) is 2. The summed E-state index contributed by atoms with van der Waals surface area (Å²) in [5, 5.41) is 6.31. The van der Waals surface area contributed by atoms with Gasteiger partial charge >= 0.3 is 0 Å². The van der Waals surface area contributed by atoms with E-state index in [-0.39, 0.29) is 0 Å². The van der Waals surface area contributed by atoms with E-state index < -0.39 is 0 Å². The quantitative estimate of drug-likeness (QED) is 0.0694. The third kappa shape index (κ3) is 10.8. The molecule has 4 heterocycles. The molecule has 0 saturated heterocycles. The lowest BCUT2D eigenvalue weighted by atomic mass is 9.96. The molecule has 4 aromatic rings. The molecule has 0 radical (unpaired) electrons. The Morgan fingerprint density at radius 3 is 1.36 bits per heavy atom. The van der Waals surface area contributed by atoms with Gasteiger partial charge in [-0.05, 0) is 60.4 Å². The second-order valence-electron chi connectivity index (χ2n) is 12.2. The van der Waals surface area contributed by atoms with Crippen LogP contribution in [0, 0.1) is 11.8 Å². The zero-order valence-corrected chi connectivity index (χ0v) is 30.8. The van der Waals surface area contributed by atoms with Gasteiger partial charge in [-0.3, -0.25) is 0 Å². The smallest absolute Gasteiger partial charge is 0.155 e. The molecule has 0 fully saturated rings. The van der Waals surface area contributed by atoms with Gasteiger partial charge in [-0.25, -0.2) is 9.97 Å². The summed E-state index contributed by atoms with van der Waals surface area (Å²) >= 11 is 6.82. The van der Waals surface area contributed by atoms with E-state index in [0.717, 1.165) is 54.1 Å². The van der Waals surface area contributed by atoms with Crippen molar-refractivity contribution < 1.29 is 9.47 Å². The molecule has 0 aliphatic heterocycles. The highest BCUT2D eigenvalue weighted by atomic mass is 32.1. The third-order valence-electron chi connectivity index (χ3n) is 8.44. The molecule has 0 bridgehead atoms. The monoisotopic (exact) mass is 674 g/mol. The van der Waals surface area contributed by atoms with E-state index >= 15 is 0 Å². The number of fused-ring (bicyclic) bond motifs is 1. The van der Waals surface area contributed by atoms with Crippen LogP contribution in [-0.2, 0) is 0 Å². The second kappa shape index (κ2) is 19.9. The molecule has 4 rings (SSSR count). The maximum atomic E-state index is 6.47. The number of unbranched alkanes of at least 4 members (excludes halogenated alkanes) is 8. The maximum Gasteiger partial charge on any atom is 0.155 e. The van der Waals surface area contributed by atoms with Gasteiger partial charge in [-0.1, -0.05) is 127 Å². The number of ether oxygens (including phenoxy) is 2. The van der Waals surface area contributed by atoms with Gasteiger partial charge in [0.1, 0.15) is 31.3 Å². The van der Waals surface area contributed by atoms with Gasteiger partial charge in [0.2, 0.25) is 0 Å². The molecule has 0 spiro atoms. The van der Waals surface area contributed by atoms with E-state index in [1.165, 1.54) is 103 Å². The molecule has 2 unspecified atom stereocenters. The fourth-order valence-corrected chi connectivity index (χ4v) is 9.62. The molecule has 8 heteroatoms. The van der Waals surface area contributed by atoms with Gasteiger partial charge in [0.15, 0.2) is 9.66 Å². The van der Waals surface area contributed by atoms with Crippen LogP contribution in [-0.4, -0.2) is 23.2 Å². The lowest BCUT2D eigenvalue weighted by Gasteiger charge is -2.17. The molecule has 44 heavy (non-hydrogen) atoms. The van der Waals surface area contributed by atoms with E-state index in [2.05, 4.69) is 50.6 Å². The number of hydrogen-bond donors (Lipinski definition) is 0. The fourth-order valence-electron chi connectivity index (χ4n) is 5.71. The van der Waals surface area contributed by atoms with Crippen molar-refractivity contribution in [1.29, 1.82) is 0 Å². The third-order valence-corrected chi connectivity index (χ3v) is 12.6.